The first-order valence-corrected chi connectivity index (χ1v) is 12.3. The van der Waals surface area contributed by atoms with Crippen LogP contribution in [0.1, 0.15) is 31.2 Å². The summed E-state index contributed by atoms with van der Waals surface area (Å²) in [6.07, 6.45) is 5.46. The summed E-state index contributed by atoms with van der Waals surface area (Å²) in [5.41, 5.74) is 0.809. The monoisotopic (exact) mass is 413 g/mol. The molecule has 0 radical (unpaired) electrons. The first-order valence-electron chi connectivity index (χ1n) is 9.38. The molecule has 0 aromatic heterocycles. The fourth-order valence-corrected chi connectivity index (χ4v) is 6.25. The highest BCUT2D eigenvalue weighted by atomic mass is 32.2. The van der Waals surface area contributed by atoms with Crippen LogP contribution in [-0.2, 0) is 20.2 Å². The molecule has 0 saturated carbocycles. The molecule has 0 aliphatic carbocycles. The zero-order chi connectivity index (χ0) is 19.3. The van der Waals surface area contributed by atoms with Gasteiger partial charge in [0, 0.05) is 44.7 Å². The number of sulfonamides is 1. The Balaban J connectivity index is 1.61. The summed E-state index contributed by atoms with van der Waals surface area (Å²) in [6.45, 7) is 1.85. The molecule has 0 spiro atoms. The van der Waals surface area contributed by atoms with Crippen LogP contribution in [0, 0.1) is 0 Å². The van der Waals surface area contributed by atoms with Crippen LogP contribution in [0.15, 0.2) is 35.7 Å². The molecule has 27 heavy (non-hydrogen) atoms. The lowest BCUT2D eigenvalue weighted by Crippen LogP contribution is -2.54. The highest BCUT2D eigenvalue weighted by Crippen LogP contribution is 2.19. The van der Waals surface area contributed by atoms with Gasteiger partial charge in [-0.15, -0.1) is 0 Å². The molecule has 0 amide bonds. The van der Waals surface area contributed by atoms with Gasteiger partial charge in [0.25, 0.3) is 10.2 Å². The lowest BCUT2D eigenvalue weighted by atomic mass is 10.2. The molecular weight excluding hydrogens is 386 g/mol. The van der Waals surface area contributed by atoms with E-state index >= 15 is 0 Å². The van der Waals surface area contributed by atoms with Crippen molar-refractivity contribution in [3.63, 3.8) is 0 Å². The molecule has 0 N–H and O–H groups in total. The van der Waals surface area contributed by atoms with Gasteiger partial charge in [0.2, 0.25) is 10.0 Å². The van der Waals surface area contributed by atoms with Crippen molar-refractivity contribution >= 4 is 26.3 Å². The van der Waals surface area contributed by atoms with Gasteiger partial charge in [-0.25, -0.2) is 8.42 Å². The van der Waals surface area contributed by atoms with Crippen molar-refractivity contribution in [3.8, 4) is 0 Å². The van der Waals surface area contributed by atoms with Gasteiger partial charge in [-0.2, -0.15) is 21.3 Å². The maximum absolute atomic E-state index is 12.8. The van der Waals surface area contributed by atoms with Crippen LogP contribution in [0.4, 0.5) is 0 Å². The van der Waals surface area contributed by atoms with Crippen LogP contribution in [0.2, 0.25) is 0 Å². The van der Waals surface area contributed by atoms with Gasteiger partial charge in [-0.1, -0.05) is 43.2 Å². The van der Waals surface area contributed by atoms with Gasteiger partial charge in [-0.05, 0) is 24.5 Å². The first kappa shape index (κ1) is 20.5. The Kier molecular flexibility index (Phi) is 6.69. The average Bonchev–Trinajstić information content (AvgIpc) is 2.97. The topological polar surface area (TPSA) is 78.0 Å². The first-order chi connectivity index (χ1) is 12.9. The van der Waals surface area contributed by atoms with E-state index in [4.69, 9.17) is 0 Å². The quantitative estimate of drug-likeness (QED) is 0.736. The van der Waals surface area contributed by atoms with E-state index in [1.807, 2.05) is 30.3 Å². The average molecular weight is 414 g/mol. The van der Waals surface area contributed by atoms with Gasteiger partial charge in [0.1, 0.15) is 0 Å². The predicted molar refractivity (Wildman–Crippen MR) is 107 cm³/mol. The summed E-state index contributed by atoms with van der Waals surface area (Å²) in [5, 5.41) is 1.20. The Morgan fingerprint density at radius 2 is 1.19 bits per heavy atom. The fourth-order valence-electron chi connectivity index (χ4n) is 3.41. The van der Waals surface area contributed by atoms with Crippen molar-refractivity contribution in [1.29, 1.82) is 0 Å². The third-order valence-electron chi connectivity index (χ3n) is 5.01. The zero-order valence-electron chi connectivity index (χ0n) is 15.4. The molecule has 7 nitrogen and oxygen atoms in total. The molecule has 2 heterocycles. The van der Waals surface area contributed by atoms with Crippen molar-refractivity contribution in [2.75, 3.05) is 39.3 Å². The minimum absolute atomic E-state index is 0.175. The number of rotatable bonds is 5. The Morgan fingerprint density at radius 3 is 1.78 bits per heavy atom. The third kappa shape index (κ3) is 5.17. The van der Waals surface area contributed by atoms with Gasteiger partial charge in [0.05, 0.1) is 0 Å². The SMILES string of the molecule is O=S(=O)(/C=C/c1ccccc1)N1CCN(S(=O)(=O)N2CCCCCC2)CC1. The van der Waals surface area contributed by atoms with E-state index in [0.29, 0.717) is 13.1 Å². The van der Waals surface area contributed by atoms with Crippen molar-refractivity contribution in [2.24, 2.45) is 0 Å². The maximum atomic E-state index is 12.8. The second kappa shape index (κ2) is 8.83. The smallest absolute Gasteiger partial charge is 0.208 e. The summed E-state index contributed by atoms with van der Waals surface area (Å²) in [4.78, 5) is 0. The molecule has 1 aromatic rings. The van der Waals surface area contributed by atoms with E-state index in [2.05, 4.69) is 0 Å². The normalized spacial score (nSPS) is 22.1. The summed E-state index contributed by atoms with van der Waals surface area (Å²) < 4.78 is 55.0. The molecule has 2 aliphatic heterocycles. The van der Waals surface area contributed by atoms with E-state index in [0.717, 1.165) is 31.2 Å². The summed E-state index contributed by atoms with van der Waals surface area (Å²) in [5.74, 6) is 0. The van der Waals surface area contributed by atoms with Crippen LogP contribution < -0.4 is 0 Å². The standard InChI is InChI=1S/C18H27N3O4S2/c22-26(23,17-10-18-8-4-3-5-9-18)19-13-15-21(16-14-19)27(24,25)20-11-6-1-2-7-12-20/h3-5,8-10,17H,1-2,6-7,11-16H2/b17-10+. The fraction of sp³-hybridized carbons (Fsp3) is 0.556. The highest BCUT2D eigenvalue weighted by Gasteiger charge is 2.34. The van der Waals surface area contributed by atoms with Crippen LogP contribution in [0.5, 0.6) is 0 Å². The molecule has 0 atom stereocenters. The third-order valence-corrected chi connectivity index (χ3v) is 8.61. The Hall–Kier alpha value is -1.26. The lowest BCUT2D eigenvalue weighted by Gasteiger charge is -2.35. The number of hydrogen-bond acceptors (Lipinski definition) is 4. The maximum Gasteiger partial charge on any atom is 0.282 e. The second-order valence-electron chi connectivity index (χ2n) is 6.88. The predicted octanol–water partition coefficient (Wildman–Crippen LogP) is 1.73. The molecule has 9 heteroatoms. The van der Waals surface area contributed by atoms with Crippen LogP contribution in [0.25, 0.3) is 6.08 Å². The van der Waals surface area contributed by atoms with E-state index < -0.39 is 20.2 Å². The van der Waals surface area contributed by atoms with Crippen molar-refractivity contribution in [3.05, 3.63) is 41.3 Å². The van der Waals surface area contributed by atoms with Crippen LogP contribution in [-0.4, -0.2) is 69.0 Å². The molecule has 0 unspecified atom stereocenters. The summed E-state index contributed by atoms with van der Waals surface area (Å²) >= 11 is 0. The van der Waals surface area contributed by atoms with Crippen LogP contribution in [0.3, 0.4) is 0 Å². The number of piperazine rings is 1. The van der Waals surface area contributed by atoms with Gasteiger partial charge in [-0.3, -0.25) is 0 Å². The lowest BCUT2D eigenvalue weighted by molar-refractivity contribution is 0.256. The minimum Gasteiger partial charge on any atom is -0.208 e. The summed E-state index contributed by atoms with van der Waals surface area (Å²) in [7, 11) is -7.07. The molecule has 2 fully saturated rings. The molecule has 1 aromatic carbocycles. The van der Waals surface area contributed by atoms with Crippen molar-refractivity contribution in [2.45, 2.75) is 25.7 Å². The Labute approximate surface area is 162 Å². The minimum atomic E-state index is -3.56. The van der Waals surface area contributed by atoms with Gasteiger partial charge < -0.3 is 0 Å². The van der Waals surface area contributed by atoms with E-state index in [1.165, 1.54) is 14.0 Å². The van der Waals surface area contributed by atoms with E-state index in [-0.39, 0.29) is 26.2 Å². The number of hydrogen-bond donors (Lipinski definition) is 0. The second-order valence-corrected chi connectivity index (χ2v) is 10.6. The van der Waals surface area contributed by atoms with Gasteiger partial charge >= 0.3 is 0 Å². The van der Waals surface area contributed by atoms with Gasteiger partial charge in [0.15, 0.2) is 0 Å². The largest absolute Gasteiger partial charge is 0.282 e. The van der Waals surface area contributed by atoms with Crippen molar-refractivity contribution < 1.29 is 16.8 Å². The number of benzene rings is 1. The summed E-state index contributed by atoms with van der Waals surface area (Å²) in [6, 6.07) is 9.22. The molecule has 0 bridgehead atoms. The molecule has 2 aliphatic rings. The molecule has 150 valence electrons. The highest BCUT2D eigenvalue weighted by molar-refractivity contribution is 7.92. The molecule has 3 rings (SSSR count). The van der Waals surface area contributed by atoms with E-state index in [1.54, 1.807) is 10.4 Å². The molecule has 2 saturated heterocycles. The zero-order valence-corrected chi connectivity index (χ0v) is 17.0. The van der Waals surface area contributed by atoms with Crippen molar-refractivity contribution in [1.82, 2.24) is 12.9 Å². The van der Waals surface area contributed by atoms with Crippen LogP contribution >= 0.6 is 0 Å². The Bertz CT molecular complexity index is 838. The molecular formula is C18H27N3O4S2. The number of nitrogens with zero attached hydrogens (tertiary/aromatic N) is 3. The van der Waals surface area contributed by atoms with E-state index in [9.17, 15) is 16.8 Å². The Morgan fingerprint density at radius 1 is 0.667 bits per heavy atom.